The van der Waals surface area contributed by atoms with E-state index in [9.17, 15) is 0 Å². The molecule has 0 amide bonds. The predicted molar refractivity (Wildman–Crippen MR) is 88.4 cm³/mol. The van der Waals surface area contributed by atoms with Gasteiger partial charge in [0.25, 0.3) is 0 Å². The molecule has 1 aromatic carbocycles. The van der Waals surface area contributed by atoms with Gasteiger partial charge >= 0.3 is 0 Å². The molecular formula is C13H11Cl2N3S2. The van der Waals surface area contributed by atoms with E-state index in [-0.39, 0.29) is 6.04 Å². The zero-order chi connectivity index (χ0) is 14.1. The highest BCUT2D eigenvalue weighted by Crippen LogP contribution is 2.38. The number of rotatable bonds is 4. The first kappa shape index (κ1) is 14.1. The second-order valence-corrected chi connectivity index (χ2v) is 6.62. The molecule has 3 nitrogen and oxygen atoms in total. The average Bonchev–Trinajstić information content (AvgIpc) is 3.09. The summed E-state index contributed by atoms with van der Waals surface area (Å²) >= 11 is 15.3. The molecule has 0 saturated heterocycles. The first-order valence-corrected chi connectivity index (χ1v) is 8.47. The summed E-state index contributed by atoms with van der Waals surface area (Å²) in [6.07, 6.45) is 0.957. The van der Waals surface area contributed by atoms with Crippen molar-refractivity contribution in [3.63, 3.8) is 0 Å². The number of halogens is 2. The molecule has 3 rings (SSSR count). The van der Waals surface area contributed by atoms with Crippen LogP contribution in [-0.4, -0.2) is 8.75 Å². The monoisotopic (exact) mass is 343 g/mol. The largest absolute Gasteiger partial charge is 0.374 e. The Morgan fingerprint density at radius 3 is 2.75 bits per heavy atom. The Labute approximate surface area is 134 Å². The number of nitrogens with one attached hydrogen (secondary N) is 1. The minimum Gasteiger partial charge on any atom is -0.374 e. The van der Waals surface area contributed by atoms with E-state index in [4.69, 9.17) is 23.2 Å². The van der Waals surface area contributed by atoms with Crippen molar-refractivity contribution >= 4 is 63.0 Å². The minimum atomic E-state index is 0.207. The lowest BCUT2D eigenvalue weighted by molar-refractivity contribution is 0.765. The van der Waals surface area contributed by atoms with Crippen LogP contribution in [0.2, 0.25) is 10.0 Å². The van der Waals surface area contributed by atoms with Crippen LogP contribution in [0.15, 0.2) is 23.6 Å². The molecule has 0 radical (unpaired) electrons. The summed E-state index contributed by atoms with van der Waals surface area (Å²) < 4.78 is 8.53. The second-order valence-electron chi connectivity index (χ2n) is 4.30. The van der Waals surface area contributed by atoms with Crippen molar-refractivity contribution in [1.29, 1.82) is 0 Å². The van der Waals surface area contributed by atoms with Gasteiger partial charge in [-0.1, -0.05) is 36.2 Å². The molecular weight excluding hydrogens is 333 g/mol. The molecule has 1 N–H and O–H groups in total. The Bertz CT molecular complexity index is 725. The van der Waals surface area contributed by atoms with Gasteiger partial charge < -0.3 is 5.32 Å². The van der Waals surface area contributed by atoms with E-state index in [1.165, 1.54) is 4.88 Å². The number of hydrogen-bond acceptors (Lipinski definition) is 5. The van der Waals surface area contributed by atoms with Gasteiger partial charge in [-0.25, -0.2) is 0 Å². The van der Waals surface area contributed by atoms with Crippen LogP contribution in [0.1, 0.15) is 24.3 Å². The number of aromatic nitrogens is 2. The lowest BCUT2D eigenvalue weighted by Crippen LogP contribution is -2.09. The number of benzene rings is 1. The summed E-state index contributed by atoms with van der Waals surface area (Å²) in [4.78, 5) is 1.27. The standard InChI is InChI=1S/C13H11Cl2N3S2/c1-2-9(10-4-3-5-19-10)16-11-7(14)6-8(15)12-13(11)18-20-17-12/h3-6,9,16H,2H2,1H3. The third-order valence-corrected chi connectivity index (χ3v) is 5.16. The second kappa shape index (κ2) is 5.85. The molecule has 0 aliphatic heterocycles. The first-order valence-electron chi connectivity index (χ1n) is 6.11. The van der Waals surface area contributed by atoms with Gasteiger partial charge in [-0.15, -0.1) is 11.3 Å². The lowest BCUT2D eigenvalue weighted by Gasteiger charge is -2.18. The van der Waals surface area contributed by atoms with Crippen LogP contribution in [0.25, 0.3) is 11.0 Å². The van der Waals surface area contributed by atoms with E-state index >= 15 is 0 Å². The Morgan fingerprint density at radius 1 is 1.25 bits per heavy atom. The number of nitrogens with zero attached hydrogens (tertiary/aromatic N) is 2. The van der Waals surface area contributed by atoms with E-state index in [0.29, 0.717) is 15.6 Å². The molecule has 7 heteroatoms. The van der Waals surface area contributed by atoms with Gasteiger partial charge in [-0.2, -0.15) is 8.75 Å². The smallest absolute Gasteiger partial charge is 0.130 e. The molecule has 20 heavy (non-hydrogen) atoms. The third kappa shape index (κ3) is 2.51. The van der Waals surface area contributed by atoms with Crippen LogP contribution >= 0.6 is 46.3 Å². The predicted octanol–water partition coefficient (Wildman–Crippen LogP) is 5.62. The third-order valence-electron chi connectivity index (χ3n) is 3.06. The molecule has 0 bridgehead atoms. The highest BCUT2D eigenvalue weighted by Gasteiger charge is 2.18. The Balaban J connectivity index is 2.04. The summed E-state index contributed by atoms with van der Waals surface area (Å²) in [5.74, 6) is 0. The highest BCUT2D eigenvalue weighted by molar-refractivity contribution is 7.10. The van der Waals surface area contributed by atoms with Crippen molar-refractivity contribution in [2.24, 2.45) is 0 Å². The summed E-state index contributed by atoms with van der Waals surface area (Å²) in [5.41, 5.74) is 2.24. The fourth-order valence-electron chi connectivity index (χ4n) is 2.05. The average molecular weight is 344 g/mol. The summed E-state index contributed by atoms with van der Waals surface area (Å²) in [7, 11) is 0. The van der Waals surface area contributed by atoms with Crippen LogP contribution < -0.4 is 5.32 Å². The molecule has 3 aromatic rings. The van der Waals surface area contributed by atoms with Gasteiger partial charge in [0.05, 0.1) is 33.5 Å². The fraction of sp³-hybridized carbons (Fsp3) is 0.231. The molecule has 2 aromatic heterocycles. The van der Waals surface area contributed by atoms with Crippen LogP contribution in [0.3, 0.4) is 0 Å². The quantitative estimate of drug-likeness (QED) is 0.667. The molecule has 0 aliphatic carbocycles. The van der Waals surface area contributed by atoms with Crippen LogP contribution in [0, 0.1) is 0 Å². The van der Waals surface area contributed by atoms with Gasteiger partial charge in [-0.05, 0) is 23.9 Å². The molecule has 0 spiro atoms. The Morgan fingerprint density at radius 2 is 2.05 bits per heavy atom. The fourth-order valence-corrected chi connectivity index (χ4v) is 4.08. The normalized spacial score (nSPS) is 12.8. The number of fused-ring (bicyclic) bond motifs is 1. The molecule has 1 unspecified atom stereocenters. The summed E-state index contributed by atoms with van der Waals surface area (Å²) in [6, 6.07) is 6.09. The number of thiophene rings is 1. The van der Waals surface area contributed by atoms with Crippen molar-refractivity contribution in [1.82, 2.24) is 8.75 Å². The van der Waals surface area contributed by atoms with E-state index in [1.807, 2.05) is 6.07 Å². The van der Waals surface area contributed by atoms with Gasteiger partial charge in [0.15, 0.2) is 0 Å². The maximum absolute atomic E-state index is 6.32. The van der Waals surface area contributed by atoms with E-state index in [1.54, 1.807) is 17.4 Å². The molecule has 2 heterocycles. The first-order chi connectivity index (χ1) is 9.70. The van der Waals surface area contributed by atoms with Gasteiger partial charge in [0, 0.05) is 4.88 Å². The van der Waals surface area contributed by atoms with Crippen LogP contribution in [-0.2, 0) is 0 Å². The molecule has 104 valence electrons. The number of hydrogen-bond donors (Lipinski definition) is 1. The Kier molecular flexibility index (Phi) is 4.12. The Hall–Kier alpha value is -0.880. The van der Waals surface area contributed by atoms with Gasteiger partial charge in [0.1, 0.15) is 11.0 Å². The highest BCUT2D eigenvalue weighted by atomic mass is 35.5. The topological polar surface area (TPSA) is 37.8 Å². The SMILES string of the molecule is CCC(Nc1c(Cl)cc(Cl)c2nsnc12)c1cccs1. The number of anilines is 1. The summed E-state index contributed by atoms with van der Waals surface area (Å²) in [6.45, 7) is 2.14. The van der Waals surface area contributed by atoms with Gasteiger partial charge in [-0.3, -0.25) is 0 Å². The van der Waals surface area contributed by atoms with E-state index in [2.05, 4.69) is 32.4 Å². The minimum absolute atomic E-state index is 0.207. The molecule has 0 aliphatic rings. The maximum atomic E-state index is 6.32. The molecule has 0 saturated carbocycles. The van der Waals surface area contributed by atoms with Crippen LogP contribution in [0.4, 0.5) is 5.69 Å². The van der Waals surface area contributed by atoms with Gasteiger partial charge in [0.2, 0.25) is 0 Å². The van der Waals surface area contributed by atoms with Crippen molar-refractivity contribution in [3.8, 4) is 0 Å². The lowest BCUT2D eigenvalue weighted by atomic mass is 10.1. The zero-order valence-corrected chi connectivity index (χ0v) is 13.7. The zero-order valence-electron chi connectivity index (χ0n) is 10.6. The van der Waals surface area contributed by atoms with Crippen molar-refractivity contribution in [2.45, 2.75) is 19.4 Å². The van der Waals surface area contributed by atoms with E-state index < -0.39 is 0 Å². The van der Waals surface area contributed by atoms with Crippen LogP contribution in [0.5, 0.6) is 0 Å². The van der Waals surface area contributed by atoms with E-state index in [0.717, 1.165) is 29.4 Å². The van der Waals surface area contributed by atoms with Crippen molar-refractivity contribution in [3.05, 3.63) is 38.5 Å². The molecule has 1 atom stereocenters. The van der Waals surface area contributed by atoms with Crippen molar-refractivity contribution < 1.29 is 0 Å². The maximum Gasteiger partial charge on any atom is 0.130 e. The summed E-state index contributed by atoms with van der Waals surface area (Å²) in [5, 5.41) is 6.66. The van der Waals surface area contributed by atoms with Crippen molar-refractivity contribution in [2.75, 3.05) is 5.32 Å². The molecule has 0 fully saturated rings.